The Morgan fingerprint density at radius 1 is 0.939 bits per heavy atom. The Bertz CT molecular complexity index is 1160. The van der Waals surface area contributed by atoms with E-state index in [4.69, 9.17) is 9.84 Å². The zero-order valence-corrected chi connectivity index (χ0v) is 18.5. The van der Waals surface area contributed by atoms with Crippen LogP contribution < -0.4 is 15.4 Å². The zero-order chi connectivity index (χ0) is 23.8. The molecule has 33 heavy (non-hydrogen) atoms. The van der Waals surface area contributed by atoms with Crippen molar-refractivity contribution in [2.45, 2.75) is 26.2 Å². The normalized spacial score (nSPS) is 11.3. The molecule has 3 aromatic rings. The van der Waals surface area contributed by atoms with Gasteiger partial charge in [0.25, 0.3) is 11.8 Å². The number of rotatable bonds is 9. The highest BCUT2D eigenvalue weighted by atomic mass is 16.5. The van der Waals surface area contributed by atoms with Gasteiger partial charge in [0, 0.05) is 5.69 Å². The Morgan fingerprint density at radius 2 is 1.67 bits per heavy atom. The molecular formula is C26H26N2O5. The minimum absolute atomic E-state index is 0.0595. The van der Waals surface area contributed by atoms with E-state index in [1.165, 1.54) is 12.1 Å². The molecule has 0 aliphatic rings. The molecule has 0 aromatic heterocycles. The molecule has 3 aromatic carbocycles. The van der Waals surface area contributed by atoms with E-state index in [1.54, 1.807) is 36.4 Å². The highest BCUT2D eigenvalue weighted by molar-refractivity contribution is 6.10. The maximum atomic E-state index is 12.8. The molecule has 0 saturated carbocycles. The van der Waals surface area contributed by atoms with E-state index in [0.29, 0.717) is 23.0 Å². The first-order chi connectivity index (χ1) is 15.9. The standard InChI is InChI=1S/C26H26N2O5/c1-3-17(2)20-11-5-7-14-23(20)33-16-24(29)28-22-13-6-4-12-21(22)25(30)27-19-10-8-9-18(15-19)26(31)32/h4-15,17H,3,16H2,1-2H3,(H,27,30)(H,28,29)(H,31,32)/t17-/m1/s1. The lowest BCUT2D eigenvalue weighted by Crippen LogP contribution is -2.23. The van der Waals surface area contributed by atoms with E-state index in [1.807, 2.05) is 24.3 Å². The van der Waals surface area contributed by atoms with Gasteiger partial charge in [-0.1, -0.05) is 50.2 Å². The lowest BCUT2D eigenvalue weighted by molar-refractivity contribution is -0.118. The number of carbonyl (C=O) groups excluding carboxylic acids is 2. The molecule has 1 atom stereocenters. The van der Waals surface area contributed by atoms with E-state index >= 15 is 0 Å². The monoisotopic (exact) mass is 446 g/mol. The number of ether oxygens (including phenoxy) is 1. The molecule has 7 heteroatoms. The molecule has 7 nitrogen and oxygen atoms in total. The topological polar surface area (TPSA) is 105 Å². The van der Waals surface area contributed by atoms with Crippen LogP contribution in [-0.4, -0.2) is 29.5 Å². The Kier molecular flexibility index (Phi) is 7.81. The Labute approximate surface area is 192 Å². The molecule has 2 amide bonds. The van der Waals surface area contributed by atoms with Gasteiger partial charge in [0.15, 0.2) is 6.61 Å². The Balaban J connectivity index is 1.68. The third-order valence-electron chi connectivity index (χ3n) is 5.23. The van der Waals surface area contributed by atoms with Gasteiger partial charge < -0.3 is 20.5 Å². The third-order valence-corrected chi connectivity index (χ3v) is 5.23. The quantitative estimate of drug-likeness (QED) is 0.421. The molecule has 0 fully saturated rings. The molecule has 0 aliphatic heterocycles. The summed E-state index contributed by atoms with van der Waals surface area (Å²) < 4.78 is 5.76. The molecule has 0 heterocycles. The van der Waals surface area contributed by atoms with Crippen molar-refractivity contribution in [2.75, 3.05) is 17.2 Å². The second-order valence-corrected chi connectivity index (χ2v) is 7.57. The maximum absolute atomic E-state index is 12.8. The molecule has 3 rings (SSSR count). The number of hydrogen-bond acceptors (Lipinski definition) is 4. The van der Waals surface area contributed by atoms with Gasteiger partial charge in [-0.3, -0.25) is 9.59 Å². The van der Waals surface area contributed by atoms with Crippen molar-refractivity contribution in [1.82, 2.24) is 0 Å². The van der Waals surface area contributed by atoms with Crippen LogP contribution in [-0.2, 0) is 4.79 Å². The molecule has 170 valence electrons. The summed E-state index contributed by atoms with van der Waals surface area (Å²) in [6.07, 6.45) is 0.949. The van der Waals surface area contributed by atoms with Crippen LogP contribution >= 0.6 is 0 Å². The van der Waals surface area contributed by atoms with Crippen molar-refractivity contribution < 1.29 is 24.2 Å². The summed E-state index contributed by atoms with van der Waals surface area (Å²) in [5.41, 5.74) is 2.01. The molecule has 0 saturated heterocycles. The van der Waals surface area contributed by atoms with Crippen LogP contribution in [0.25, 0.3) is 0 Å². The third kappa shape index (κ3) is 6.20. The van der Waals surface area contributed by atoms with Crippen LogP contribution in [0.2, 0.25) is 0 Å². The number of carboxylic acid groups (broad SMARTS) is 1. The molecule has 0 bridgehead atoms. The number of anilines is 2. The number of hydrogen-bond donors (Lipinski definition) is 3. The van der Waals surface area contributed by atoms with Gasteiger partial charge in [-0.25, -0.2) is 4.79 Å². The number of aromatic carboxylic acids is 1. The van der Waals surface area contributed by atoms with Gasteiger partial charge in [0.05, 0.1) is 16.8 Å². The second-order valence-electron chi connectivity index (χ2n) is 7.57. The average Bonchev–Trinajstić information content (AvgIpc) is 2.83. The summed E-state index contributed by atoms with van der Waals surface area (Å²) in [6.45, 7) is 3.99. The summed E-state index contributed by atoms with van der Waals surface area (Å²) in [5, 5.41) is 14.5. The first kappa shape index (κ1) is 23.5. The molecule has 0 unspecified atom stereocenters. The van der Waals surface area contributed by atoms with Crippen molar-refractivity contribution in [3.63, 3.8) is 0 Å². The lowest BCUT2D eigenvalue weighted by atomic mass is 9.98. The highest BCUT2D eigenvalue weighted by Gasteiger charge is 2.16. The smallest absolute Gasteiger partial charge is 0.335 e. The summed E-state index contributed by atoms with van der Waals surface area (Å²) in [4.78, 5) is 36.5. The predicted molar refractivity (Wildman–Crippen MR) is 127 cm³/mol. The fraction of sp³-hybridized carbons (Fsp3) is 0.192. The van der Waals surface area contributed by atoms with E-state index in [2.05, 4.69) is 24.5 Å². The van der Waals surface area contributed by atoms with Crippen molar-refractivity contribution in [1.29, 1.82) is 0 Å². The van der Waals surface area contributed by atoms with Gasteiger partial charge >= 0.3 is 5.97 Å². The van der Waals surface area contributed by atoms with Crippen molar-refractivity contribution in [3.05, 3.63) is 89.5 Å². The fourth-order valence-corrected chi connectivity index (χ4v) is 3.29. The molecule has 0 radical (unpaired) electrons. The number of carboxylic acids is 1. The lowest BCUT2D eigenvalue weighted by Gasteiger charge is -2.16. The van der Waals surface area contributed by atoms with Gasteiger partial charge in [0.2, 0.25) is 0 Å². The van der Waals surface area contributed by atoms with Crippen molar-refractivity contribution in [3.8, 4) is 5.75 Å². The number of nitrogens with one attached hydrogen (secondary N) is 2. The molecule has 0 spiro atoms. The molecule has 3 N–H and O–H groups in total. The second kappa shape index (κ2) is 10.9. The zero-order valence-electron chi connectivity index (χ0n) is 18.5. The minimum Gasteiger partial charge on any atom is -0.483 e. The summed E-state index contributed by atoms with van der Waals surface area (Å²) in [5.74, 6) is -1.01. The van der Waals surface area contributed by atoms with E-state index in [9.17, 15) is 14.4 Å². The van der Waals surface area contributed by atoms with Crippen LogP contribution in [0.5, 0.6) is 5.75 Å². The van der Waals surface area contributed by atoms with Crippen molar-refractivity contribution in [2.24, 2.45) is 0 Å². The number of amides is 2. The fourth-order valence-electron chi connectivity index (χ4n) is 3.29. The summed E-state index contributed by atoms with van der Waals surface area (Å²) >= 11 is 0. The number of carbonyl (C=O) groups is 3. The van der Waals surface area contributed by atoms with E-state index in [-0.39, 0.29) is 17.7 Å². The van der Waals surface area contributed by atoms with Crippen LogP contribution in [0.15, 0.2) is 72.8 Å². The van der Waals surface area contributed by atoms with Gasteiger partial charge in [-0.05, 0) is 54.3 Å². The van der Waals surface area contributed by atoms with E-state index in [0.717, 1.165) is 12.0 Å². The van der Waals surface area contributed by atoms with E-state index < -0.39 is 17.8 Å². The first-order valence-electron chi connectivity index (χ1n) is 10.6. The Morgan fingerprint density at radius 3 is 2.42 bits per heavy atom. The maximum Gasteiger partial charge on any atom is 0.335 e. The van der Waals surface area contributed by atoms with Crippen LogP contribution in [0.3, 0.4) is 0 Å². The number of para-hydroxylation sites is 2. The summed E-state index contributed by atoms with van der Waals surface area (Å²) in [6, 6.07) is 20.1. The van der Waals surface area contributed by atoms with Crippen LogP contribution in [0.1, 0.15) is 52.5 Å². The van der Waals surface area contributed by atoms with Crippen LogP contribution in [0, 0.1) is 0 Å². The molecule has 0 aliphatic carbocycles. The van der Waals surface area contributed by atoms with Crippen LogP contribution in [0.4, 0.5) is 11.4 Å². The molecular weight excluding hydrogens is 420 g/mol. The average molecular weight is 447 g/mol. The summed E-state index contributed by atoms with van der Waals surface area (Å²) in [7, 11) is 0. The number of benzene rings is 3. The largest absolute Gasteiger partial charge is 0.483 e. The van der Waals surface area contributed by atoms with Gasteiger partial charge in [-0.15, -0.1) is 0 Å². The SMILES string of the molecule is CC[C@@H](C)c1ccccc1OCC(=O)Nc1ccccc1C(=O)Nc1cccc(C(=O)O)c1. The Hall–Kier alpha value is -4.13. The van der Waals surface area contributed by atoms with Gasteiger partial charge in [0.1, 0.15) is 5.75 Å². The van der Waals surface area contributed by atoms with Gasteiger partial charge in [-0.2, -0.15) is 0 Å². The first-order valence-corrected chi connectivity index (χ1v) is 10.6. The predicted octanol–water partition coefficient (Wildman–Crippen LogP) is 5.17. The highest BCUT2D eigenvalue weighted by Crippen LogP contribution is 2.28. The minimum atomic E-state index is -1.09. The van der Waals surface area contributed by atoms with Crippen molar-refractivity contribution >= 4 is 29.2 Å².